The molecular formula is C39H31FO8. The van der Waals surface area contributed by atoms with Crippen LogP contribution in [0.1, 0.15) is 55.5 Å². The summed E-state index contributed by atoms with van der Waals surface area (Å²) in [5.41, 5.74) is 0.874. The SMILES string of the molecule is C=C(C)C(=O)Oc1ccc(C#Cc2c(C)c(OC(=O)C(=C)C)c(C#Cc3ccc(OC(=O)C(=C)C)cc3)c(OC(=O)C(=C)C)c2F)cc1. The molecule has 0 saturated heterocycles. The first-order chi connectivity index (χ1) is 22.6. The lowest BCUT2D eigenvalue weighted by Crippen LogP contribution is -2.15. The fourth-order valence-electron chi connectivity index (χ4n) is 3.51. The Morgan fingerprint density at radius 2 is 0.854 bits per heavy atom. The van der Waals surface area contributed by atoms with Gasteiger partial charge in [-0.3, -0.25) is 0 Å². The molecule has 0 aliphatic carbocycles. The van der Waals surface area contributed by atoms with Crippen LogP contribution in [0.25, 0.3) is 0 Å². The molecule has 0 radical (unpaired) electrons. The number of halogens is 1. The van der Waals surface area contributed by atoms with Gasteiger partial charge in [0.25, 0.3) is 0 Å². The zero-order valence-electron chi connectivity index (χ0n) is 27.1. The number of esters is 4. The molecule has 3 aromatic carbocycles. The van der Waals surface area contributed by atoms with Crippen LogP contribution in [-0.2, 0) is 19.2 Å². The van der Waals surface area contributed by atoms with E-state index in [1.807, 2.05) is 0 Å². The maximum atomic E-state index is 16.3. The summed E-state index contributed by atoms with van der Waals surface area (Å²) in [7, 11) is 0. The van der Waals surface area contributed by atoms with Crippen molar-refractivity contribution in [3.63, 3.8) is 0 Å². The molecule has 3 rings (SSSR count). The second kappa shape index (κ2) is 15.7. The number of rotatable bonds is 8. The molecular weight excluding hydrogens is 615 g/mol. The average molecular weight is 647 g/mol. The van der Waals surface area contributed by atoms with Gasteiger partial charge in [0.15, 0.2) is 17.3 Å². The molecule has 8 nitrogen and oxygen atoms in total. The number of hydrogen-bond acceptors (Lipinski definition) is 8. The number of hydrogen-bond donors (Lipinski definition) is 0. The molecule has 0 aromatic heterocycles. The summed E-state index contributed by atoms with van der Waals surface area (Å²) in [5, 5.41) is 0. The Labute approximate surface area is 278 Å². The minimum Gasteiger partial charge on any atom is -0.423 e. The van der Waals surface area contributed by atoms with E-state index in [0.29, 0.717) is 11.1 Å². The third-order valence-corrected chi connectivity index (χ3v) is 6.17. The van der Waals surface area contributed by atoms with Crippen molar-refractivity contribution >= 4 is 23.9 Å². The highest BCUT2D eigenvalue weighted by Gasteiger charge is 2.27. The van der Waals surface area contributed by atoms with Gasteiger partial charge >= 0.3 is 23.9 Å². The average Bonchev–Trinajstić information content (AvgIpc) is 3.03. The van der Waals surface area contributed by atoms with Crippen molar-refractivity contribution in [2.75, 3.05) is 0 Å². The zero-order valence-corrected chi connectivity index (χ0v) is 27.1. The van der Waals surface area contributed by atoms with Gasteiger partial charge in [0, 0.05) is 39.0 Å². The molecule has 0 N–H and O–H groups in total. The van der Waals surface area contributed by atoms with Crippen LogP contribution >= 0.6 is 0 Å². The van der Waals surface area contributed by atoms with Gasteiger partial charge in [0.1, 0.15) is 17.1 Å². The van der Waals surface area contributed by atoms with E-state index >= 15 is 4.39 Å². The zero-order chi connectivity index (χ0) is 35.7. The highest BCUT2D eigenvalue weighted by molar-refractivity contribution is 5.92. The normalized spacial score (nSPS) is 9.79. The number of ether oxygens (including phenoxy) is 4. The lowest BCUT2D eigenvalue weighted by Gasteiger charge is -2.17. The highest BCUT2D eigenvalue weighted by atomic mass is 19.1. The molecule has 0 heterocycles. The van der Waals surface area contributed by atoms with Gasteiger partial charge < -0.3 is 18.9 Å². The van der Waals surface area contributed by atoms with Gasteiger partial charge in [-0.15, -0.1) is 0 Å². The van der Waals surface area contributed by atoms with Crippen LogP contribution in [0.3, 0.4) is 0 Å². The van der Waals surface area contributed by atoms with Crippen LogP contribution in [0.4, 0.5) is 4.39 Å². The van der Waals surface area contributed by atoms with E-state index in [9.17, 15) is 19.2 Å². The molecule has 9 heteroatoms. The molecule has 0 aliphatic heterocycles. The second-order valence-electron chi connectivity index (χ2n) is 10.6. The molecule has 0 saturated carbocycles. The van der Waals surface area contributed by atoms with Gasteiger partial charge in [-0.05, 0) is 83.1 Å². The summed E-state index contributed by atoms with van der Waals surface area (Å²) in [6.45, 7) is 21.5. The van der Waals surface area contributed by atoms with E-state index in [-0.39, 0.29) is 56.2 Å². The maximum absolute atomic E-state index is 16.3. The molecule has 0 spiro atoms. The topological polar surface area (TPSA) is 105 Å². The standard InChI is InChI=1S/C39H31FO8/c1-22(2)36(41)45-29-16-10-27(11-17-29)14-20-31-26(9)34(47-38(43)24(5)6)32(35(33(31)40)48-39(44)25(7)8)21-15-28-12-18-30(19-13-28)46-37(42)23(3)4/h10-13,16-19H,1,3,5,7H2,2,4,6,8-9H3. The Morgan fingerprint density at radius 3 is 1.23 bits per heavy atom. The molecule has 0 amide bonds. The van der Waals surface area contributed by atoms with E-state index in [1.165, 1.54) is 58.9 Å². The minimum absolute atomic E-state index is 0.0330. The third kappa shape index (κ3) is 9.29. The van der Waals surface area contributed by atoms with E-state index in [4.69, 9.17) is 18.9 Å². The number of carbonyl (C=O) groups excluding carboxylic acids is 4. The Kier molecular flexibility index (Phi) is 11.8. The van der Waals surface area contributed by atoms with Crippen LogP contribution in [-0.4, -0.2) is 23.9 Å². The van der Waals surface area contributed by atoms with Gasteiger partial charge in [-0.2, -0.15) is 0 Å². The maximum Gasteiger partial charge on any atom is 0.338 e. The molecule has 0 unspecified atom stereocenters. The van der Waals surface area contributed by atoms with Crippen LogP contribution in [0.5, 0.6) is 23.0 Å². The summed E-state index contributed by atoms with van der Waals surface area (Å²) in [6, 6.07) is 12.2. The number of benzene rings is 3. The highest BCUT2D eigenvalue weighted by Crippen LogP contribution is 2.38. The predicted molar refractivity (Wildman–Crippen MR) is 178 cm³/mol. The quantitative estimate of drug-likeness (QED) is 0.113. The van der Waals surface area contributed by atoms with E-state index in [1.54, 1.807) is 24.3 Å². The smallest absolute Gasteiger partial charge is 0.338 e. The van der Waals surface area contributed by atoms with Crippen molar-refractivity contribution in [3.8, 4) is 46.7 Å². The Balaban J connectivity index is 2.19. The molecule has 0 atom stereocenters. The molecule has 0 bridgehead atoms. The monoisotopic (exact) mass is 646 g/mol. The third-order valence-electron chi connectivity index (χ3n) is 6.17. The lowest BCUT2D eigenvalue weighted by atomic mass is 10.00. The van der Waals surface area contributed by atoms with Gasteiger partial charge in [0.05, 0.1) is 5.56 Å². The summed E-state index contributed by atoms with van der Waals surface area (Å²) in [6.07, 6.45) is 0. The Bertz CT molecular complexity index is 1950. The van der Waals surface area contributed by atoms with E-state index < -0.39 is 35.4 Å². The summed E-state index contributed by atoms with van der Waals surface area (Å²) < 4.78 is 37.7. The van der Waals surface area contributed by atoms with Crippen molar-refractivity contribution in [3.05, 3.63) is 131 Å². The van der Waals surface area contributed by atoms with Crippen molar-refractivity contribution in [1.82, 2.24) is 0 Å². The summed E-state index contributed by atoms with van der Waals surface area (Å²) in [4.78, 5) is 49.0. The second-order valence-corrected chi connectivity index (χ2v) is 10.6. The van der Waals surface area contributed by atoms with Crippen molar-refractivity contribution in [2.45, 2.75) is 34.6 Å². The van der Waals surface area contributed by atoms with E-state index in [2.05, 4.69) is 50.0 Å². The first kappa shape index (κ1) is 36.0. The van der Waals surface area contributed by atoms with Crippen LogP contribution in [0.15, 0.2) is 97.1 Å². The Morgan fingerprint density at radius 1 is 0.521 bits per heavy atom. The van der Waals surface area contributed by atoms with Crippen molar-refractivity contribution < 1.29 is 42.5 Å². The molecule has 0 aliphatic rings. The van der Waals surface area contributed by atoms with Crippen molar-refractivity contribution in [1.29, 1.82) is 0 Å². The van der Waals surface area contributed by atoms with Crippen LogP contribution in [0.2, 0.25) is 0 Å². The van der Waals surface area contributed by atoms with E-state index in [0.717, 1.165) is 0 Å². The Hall–Kier alpha value is -6.45. The fraction of sp³-hybridized carbons (Fsp3) is 0.128. The summed E-state index contributed by atoms with van der Waals surface area (Å²) in [5.74, 6) is 6.74. The molecule has 242 valence electrons. The molecule has 0 fully saturated rings. The van der Waals surface area contributed by atoms with Gasteiger partial charge in [0.2, 0.25) is 0 Å². The van der Waals surface area contributed by atoms with Gasteiger partial charge in [-0.25, -0.2) is 23.6 Å². The van der Waals surface area contributed by atoms with Crippen molar-refractivity contribution in [2.24, 2.45) is 0 Å². The number of carbonyl (C=O) groups is 4. The first-order valence-electron chi connectivity index (χ1n) is 14.2. The van der Waals surface area contributed by atoms with Crippen LogP contribution < -0.4 is 18.9 Å². The fourth-order valence-corrected chi connectivity index (χ4v) is 3.51. The van der Waals surface area contributed by atoms with Gasteiger partial charge in [-0.1, -0.05) is 50.0 Å². The lowest BCUT2D eigenvalue weighted by molar-refractivity contribution is -0.131. The van der Waals surface area contributed by atoms with Crippen LogP contribution in [0, 0.1) is 36.4 Å². The summed E-state index contributed by atoms with van der Waals surface area (Å²) >= 11 is 0. The largest absolute Gasteiger partial charge is 0.423 e. The molecule has 48 heavy (non-hydrogen) atoms. The minimum atomic E-state index is -1.04. The predicted octanol–water partition coefficient (Wildman–Crippen LogP) is 6.86. The molecule has 3 aromatic rings. The first-order valence-corrected chi connectivity index (χ1v) is 14.2.